The largest absolute Gasteiger partial charge is 0.479 e. The molecule has 0 bridgehead atoms. The lowest BCUT2D eigenvalue weighted by molar-refractivity contribution is -0.134. The molecule has 9 heteroatoms. The van der Waals surface area contributed by atoms with Crippen LogP contribution < -0.4 is 4.74 Å². The molecule has 2 aliphatic rings. The number of hydrogen-bond donors (Lipinski definition) is 0. The summed E-state index contributed by atoms with van der Waals surface area (Å²) >= 11 is 0. The van der Waals surface area contributed by atoms with E-state index in [1.54, 1.807) is 25.1 Å². The Morgan fingerprint density at radius 2 is 2.03 bits per heavy atom. The second-order valence-corrected chi connectivity index (χ2v) is 8.26. The van der Waals surface area contributed by atoms with Gasteiger partial charge in [0, 0.05) is 26.2 Å². The van der Waals surface area contributed by atoms with Crippen LogP contribution >= 0.6 is 0 Å². The Bertz CT molecular complexity index is 854. The average Bonchev–Trinajstić information content (AvgIpc) is 3.19. The minimum Gasteiger partial charge on any atom is -0.479 e. The fourth-order valence-electron chi connectivity index (χ4n) is 4.96. The summed E-state index contributed by atoms with van der Waals surface area (Å²) in [6.07, 6.45) is 9.33. The molecule has 0 spiro atoms. The number of ether oxygens (including phenoxy) is 2. The quantitative estimate of drug-likeness (QED) is 0.646. The number of hydrogen-bond acceptors (Lipinski definition) is 7. The van der Waals surface area contributed by atoms with Crippen LogP contribution in [0.25, 0.3) is 11.2 Å². The number of carbonyl (C=O) groups excluding carboxylic acids is 1. The van der Waals surface area contributed by atoms with E-state index in [0.717, 1.165) is 6.54 Å². The first-order valence-corrected chi connectivity index (χ1v) is 10.9. The molecule has 2 fully saturated rings. The molecule has 2 aromatic rings. The van der Waals surface area contributed by atoms with E-state index in [-0.39, 0.29) is 12.5 Å². The number of imidazole rings is 1. The third-order valence-corrected chi connectivity index (χ3v) is 6.47. The van der Waals surface area contributed by atoms with Crippen molar-refractivity contribution in [1.82, 2.24) is 29.3 Å². The Kier molecular flexibility index (Phi) is 6.79. The molecule has 9 nitrogen and oxygen atoms in total. The molecule has 2 atom stereocenters. The van der Waals surface area contributed by atoms with Crippen LogP contribution in [0.3, 0.4) is 0 Å². The molecule has 0 aromatic carbocycles. The van der Waals surface area contributed by atoms with Gasteiger partial charge in [-0.25, -0.2) is 9.97 Å². The topological polar surface area (TPSA) is 85.6 Å². The zero-order chi connectivity index (χ0) is 20.9. The van der Waals surface area contributed by atoms with Crippen LogP contribution in [-0.2, 0) is 16.1 Å². The van der Waals surface area contributed by atoms with E-state index in [4.69, 9.17) is 9.47 Å². The van der Waals surface area contributed by atoms with Gasteiger partial charge in [-0.2, -0.15) is 4.98 Å². The summed E-state index contributed by atoms with van der Waals surface area (Å²) in [5.41, 5.74) is 1.18. The van der Waals surface area contributed by atoms with Crippen LogP contribution in [0, 0.1) is 5.92 Å². The second-order valence-electron chi connectivity index (χ2n) is 8.26. The molecule has 0 unspecified atom stereocenters. The van der Waals surface area contributed by atoms with Gasteiger partial charge in [-0.1, -0.05) is 6.42 Å². The third-order valence-electron chi connectivity index (χ3n) is 6.47. The van der Waals surface area contributed by atoms with E-state index in [1.807, 2.05) is 4.90 Å². The van der Waals surface area contributed by atoms with Crippen LogP contribution in [0.5, 0.6) is 5.88 Å². The first kappa shape index (κ1) is 21.0. The van der Waals surface area contributed by atoms with Crippen LogP contribution in [-0.4, -0.2) is 88.3 Å². The highest BCUT2D eigenvalue weighted by Gasteiger charge is 2.34. The molecule has 4 rings (SSSR count). The van der Waals surface area contributed by atoms with Gasteiger partial charge in [-0.05, 0) is 44.7 Å². The first-order chi connectivity index (χ1) is 14.7. The van der Waals surface area contributed by atoms with Crippen LogP contribution in [0.4, 0.5) is 0 Å². The standard InChI is InChI=1S/C21H32N6O3/c1-29-11-10-26(12-16-6-5-9-25-8-4-3-7-17(16)25)18(28)13-27-15-24-19-20(27)22-14-23-21(19)30-2/h14-17H,3-13H2,1-2H3/t16-,17+/m0/s1. The summed E-state index contributed by atoms with van der Waals surface area (Å²) in [7, 11) is 3.23. The Morgan fingerprint density at radius 3 is 2.87 bits per heavy atom. The lowest BCUT2D eigenvalue weighted by Gasteiger charge is -2.45. The van der Waals surface area contributed by atoms with E-state index in [0.29, 0.717) is 42.2 Å². The van der Waals surface area contributed by atoms with Crippen molar-refractivity contribution < 1.29 is 14.3 Å². The molecule has 2 aromatic heterocycles. The summed E-state index contributed by atoms with van der Waals surface area (Å²) in [5.74, 6) is 1.01. The minimum absolute atomic E-state index is 0.0665. The number of piperidine rings is 2. The van der Waals surface area contributed by atoms with Gasteiger partial charge in [0.25, 0.3) is 0 Å². The number of nitrogens with zero attached hydrogens (tertiary/aromatic N) is 6. The highest BCUT2D eigenvalue weighted by molar-refractivity contribution is 5.80. The summed E-state index contributed by atoms with van der Waals surface area (Å²) in [5, 5.41) is 0. The highest BCUT2D eigenvalue weighted by Crippen LogP contribution is 2.31. The van der Waals surface area contributed by atoms with Crippen molar-refractivity contribution >= 4 is 17.1 Å². The van der Waals surface area contributed by atoms with Gasteiger partial charge in [0.05, 0.1) is 20.0 Å². The second kappa shape index (κ2) is 9.70. The normalized spacial score (nSPS) is 22.1. The molecule has 1 amide bonds. The SMILES string of the molecule is COCCN(C[C@@H]1CCCN2CCCC[C@H]12)C(=O)Cn1cnc2c(OC)ncnc21. The summed E-state index contributed by atoms with van der Waals surface area (Å²) in [6, 6.07) is 0.608. The molecular formula is C21H32N6O3. The van der Waals surface area contributed by atoms with Gasteiger partial charge < -0.3 is 23.8 Å². The van der Waals surface area contributed by atoms with Gasteiger partial charge >= 0.3 is 0 Å². The zero-order valence-electron chi connectivity index (χ0n) is 18.0. The monoisotopic (exact) mass is 416 g/mol. The molecule has 2 saturated heterocycles. The predicted octanol–water partition coefficient (Wildman–Crippen LogP) is 1.57. The van der Waals surface area contributed by atoms with Crippen LogP contribution in [0.2, 0.25) is 0 Å². The lowest BCUT2D eigenvalue weighted by atomic mass is 9.83. The Balaban J connectivity index is 1.48. The van der Waals surface area contributed by atoms with Crippen LogP contribution in [0.15, 0.2) is 12.7 Å². The van der Waals surface area contributed by atoms with E-state index in [2.05, 4.69) is 19.9 Å². The van der Waals surface area contributed by atoms with E-state index in [1.165, 1.54) is 51.5 Å². The maximum atomic E-state index is 13.3. The molecule has 4 heterocycles. The molecule has 0 aliphatic carbocycles. The summed E-state index contributed by atoms with van der Waals surface area (Å²) in [6.45, 7) is 4.53. The number of fused-ring (bicyclic) bond motifs is 2. The van der Waals surface area contributed by atoms with Crippen molar-refractivity contribution in [1.29, 1.82) is 0 Å². The Labute approximate surface area is 177 Å². The lowest BCUT2D eigenvalue weighted by Crippen LogP contribution is -2.52. The molecule has 164 valence electrons. The summed E-state index contributed by atoms with van der Waals surface area (Å²) in [4.78, 5) is 30.6. The van der Waals surface area contributed by atoms with Crippen molar-refractivity contribution in [3.05, 3.63) is 12.7 Å². The maximum Gasteiger partial charge on any atom is 0.245 e. The fourth-order valence-corrected chi connectivity index (χ4v) is 4.96. The van der Waals surface area contributed by atoms with Crippen molar-refractivity contribution in [2.75, 3.05) is 47.0 Å². The highest BCUT2D eigenvalue weighted by atomic mass is 16.5. The average molecular weight is 417 g/mol. The van der Waals surface area contributed by atoms with Gasteiger partial charge in [-0.15, -0.1) is 0 Å². The summed E-state index contributed by atoms with van der Waals surface area (Å²) < 4.78 is 12.3. The van der Waals surface area contributed by atoms with Crippen LogP contribution in [0.1, 0.15) is 32.1 Å². The predicted molar refractivity (Wildman–Crippen MR) is 112 cm³/mol. The number of aromatic nitrogens is 4. The fraction of sp³-hybridized carbons (Fsp3) is 0.714. The first-order valence-electron chi connectivity index (χ1n) is 10.9. The Hall–Kier alpha value is -2.26. The van der Waals surface area contributed by atoms with Gasteiger partial charge in [0.1, 0.15) is 12.9 Å². The van der Waals surface area contributed by atoms with Gasteiger partial charge in [0.2, 0.25) is 11.8 Å². The molecule has 0 saturated carbocycles. The number of methoxy groups -OCH3 is 2. The molecule has 2 aliphatic heterocycles. The van der Waals surface area contributed by atoms with Crippen molar-refractivity contribution in [3.63, 3.8) is 0 Å². The van der Waals surface area contributed by atoms with E-state index >= 15 is 0 Å². The zero-order valence-corrected chi connectivity index (χ0v) is 18.0. The van der Waals surface area contributed by atoms with Gasteiger partial charge in [-0.3, -0.25) is 4.79 Å². The smallest absolute Gasteiger partial charge is 0.245 e. The van der Waals surface area contributed by atoms with Gasteiger partial charge in [0.15, 0.2) is 11.2 Å². The van der Waals surface area contributed by atoms with Crippen molar-refractivity contribution in [2.45, 2.75) is 44.7 Å². The minimum atomic E-state index is 0.0665. The molecular weight excluding hydrogens is 384 g/mol. The van der Waals surface area contributed by atoms with Crippen molar-refractivity contribution in [2.24, 2.45) is 5.92 Å². The number of carbonyl (C=O) groups is 1. The maximum absolute atomic E-state index is 13.3. The Morgan fingerprint density at radius 1 is 1.17 bits per heavy atom. The molecule has 30 heavy (non-hydrogen) atoms. The molecule has 0 N–H and O–H groups in total. The molecule has 0 radical (unpaired) electrons. The number of rotatable bonds is 8. The third kappa shape index (κ3) is 4.41. The van der Waals surface area contributed by atoms with Crippen molar-refractivity contribution in [3.8, 4) is 5.88 Å². The van der Waals surface area contributed by atoms with E-state index in [9.17, 15) is 4.79 Å². The van der Waals surface area contributed by atoms with E-state index < -0.39 is 0 Å². The number of amides is 1.